The Bertz CT molecular complexity index is 232. The molecular weight excluding hydrogens is 178 g/mol. The van der Waals surface area contributed by atoms with Gasteiger partial charge in [0.2, 0.25) is 0 Å². The molecule has 1 atom stereocenters. The summed E-state index contributed by atoms with van der Waals surface area (Å²) in [7, 11) is 0. The first-order valence-corrected chi connectivity index (χ1v) is 5.95. The minimum absolute atomic E-state index is 0.907. The molecule has 2 aliphatic rings. The summed E-state index contributed by atoms with van der Waals surface area (Å²) in [6.07, 6.45) is 7.09. The molecule has 2 heteroatoms. The molecule has 72 valence electrons. The van der Waals surface area contributed by atoms with Crippen LogP contribution in [0.1, 0.15) is 19.8 Å². The van der Waals surface area contributed by atoms with Crippen LogP contribution >= 0.6 is 11.8 Å². The van der Waals surface area contributed by atoms with Crippen molar-refractivity contribution in [1.29, 1.82) is 0 Å². The topological polar surface area (TPSA) is 3.24 Å². The van der Waals surface area contributed by atoms with Crippen LogP contribution in [-0.4, -0.2) is 24.5 Å². The fraction of sp³-hybridized carbons (Fsp3) is 0.636. The molecule has 0 amide bonds. The zero-order chi connectivity index (χ0) is 9.10. The molecule has 1 nitrogen and oxygen atoms in total. The largest absolute Gasteiger partial charge is 0.298 e. The summed E-state index contributed by atoms with van der Waals surface area (Å²) in [6, 6.07) is 0. The predicted molar refractivity (Wildman–Crippen MR) is 59.7 cm³/mol. The van der Waals surface area contributed by atoms with E-state index in [1.54, 1.807) is 0 Å². The van der Waals surface area contributed by atoms with Gasteiger partial charge in [0.05, 0.1) is 0 Å². The lowest BCUT2D eigenvalue weighted by Gasteiger charge is -2.17. The fourth-order valence-corrected chi connectivity index (χ4v) is 2.76. The maximum Gasteiger partial charge on any atom is 0.0293 e. The average Bonchev–Trinajstić information content (AvgIpc) is 2.53. The van der Waals surface area contributed by atoms with Gasteiger partial charge in [0, 0.05) is 13.1 Å². The van der Waals surface area contributed by atoms with Gasteiger partial charge in [0.1, 0.15) is 0 Å². The number of hydrogen-bond acceptors (Lipinski definition) is 2. The summed E-state index contributed by atoms with van der Waals surface area (Å²) in [5.41, 5.74) is 0. The van der Waals surface area contributed by atoms with Gasteiger partial charge in [-0.25, -0.2) is 0 Å². The highest BCUT2D eigenvalue weighted by Gasteiger charge is 2.19. The molecule has 1 saturated heterocycles. The zero-order valence-electron chi connectivity index (χ0n) is 8.20. The van der Waals surface area contributed by atoms with Crippen LogP contribution in [0, 0.1) is 5.92 Å². The van der Waals surface area contributed by atoms with E-state index in [4.69, 9.17) is 0 Å². The van der Waals surface area contributed by atoms with Crippen molar-refractivity contribution in [3.8, 4) is 0 Å². The third-order valence-electron chi connectivity index (χ3n) is 2.68. The van der Waals surface area contributed by atoms with Crippen LogP contribution < -0.4 is 0 Å². The summed E-state index contributed by atoms with van der Waals surface area (Å²) in [5, 5.41) is 2.22. The summed E-state index contributed by atoms with van der Waals surface area (Å²) in [6.45, 7) is 6.12. The predicted octanol–water partition coefficient (Wildman–Crippen LogP) is 2.86. The molecular formula is C11H17NS. The highest BCUT2D eigenvalue weighted by atomic mass is 32.2. The van der Waals surface area contributed by atoms with Crippen LogP contribution in [0.5, 0.6) is 0 Å². The molecule has 2 rings (SSSR count). The van der Waals surface area contributed by atoms with Crippen LogP contribution in [0.4, 0.5) is 0 Å². The van der Waals surface area contributed by atoms with Gasteiger partial charge in [-0.15, -0.1) is 11.8 Å². The number of nitrogens with zero attached hydrogens (tertiary/aromatic N) is 1. The van der Waals surface area contributed by atoms with E-state index in [9.17, 15) is 0 Å². The first-order chi connectivity index (χ1) is 6.34. The van der Waals surface area contributed by atoms with Gasteiger partial charge in [-0.05, 0) is 35.6 Å². The molecule has 0 aromatic heterocycles. The minimum atomic E-state index is 0.907. The summed E-state index contributed by atoms with van der Waals surface area (Å²) < 4.78 is 0. The number of rotatable bonds is 2. The standard InChI is InChI=1S/C11H17NS/c1-10-5-6-12(8-10)9-11-4-2-3-7-13-11/h3-4,7,10H,2,5-6,8-9H2,1H3/t10-/m0/s1. The van der Waals surface area contributed by atoms with Gasteiger partial charge in [0.15, 0.2) is 0 Å². The first-order valence-electron chi connectivity index (χ1n) is 5.07. The van der Waals surface area contributed by atoms with Crippen LogP contribution in [-0.2, 0) is 0 Å². The lowest BCUT2D eigenvalue weighted by molar-refractivity contribution is 0.361. The highest BCUT2D eigenvalue weighted by molar-refractivity contribution is 8.05. The van der Waals surface area contributed by atoms with E-state index in [0.717, 1.165) is 12.3 Å². The Morgan fingerprint density at radius 2 is 2.54 bits per heavy atom. The monoisotopic (exact) mass is 195 g/mol. The summed E-state index contributed by atoms with van der Waals surface area (Å²) >= 11 is 1.89. The number of likely N-dealkylation sites (tertiary alicyclic amines) is 1. The quantitative estimate of drug-likeness (QED) is 0.666. The molecule has 13 heavy (non-hydrogen) atoms. The molecule has 2 heterocycles. The van der Waals surface area contributed by atoms with Crippen molar-refractivity contribution in [3.05, 3.63) is 22.5 Å². The second kappa shape index (κ2) is 4.34. The van der Waals surface area contributed by atoms with Crippen molar-refractivity contribution in [2.24, 2.45) is 5.92 Å². The van der Waals surface area contributed by atoms with Crippen molar-refractivity contribution in [2.45, 2.75) is 19.8 Å². The molecule has 0 saturated carbocycles. The Labute approximate surface area is 84.9 Å². The molecule has 0 radical (unpaired) electrons. The Balaban J connectivity index is 1.81. The van der Waals surface area contributed by atoms with E-state index >= 15 is 0 Å². The van der Waals surface area contributed by atoms with E-state index in [1.165, 1.54) is 31.0 Å². The van der Waals surface area contributed by atoms with Crippen LogP contribution in [0.15, 0.2) is 22.5 Å². The Hall–Kier alpha value is -0.210. The fourth-order valence-electron chi connectivity index (χ4n) is 1.93. The summed E-state index contributed by atoms with van der Waals surface area (Å²) in [5.74, 6) is 0.907. The van der Waals surface area contributed by atoms with E-state index in [0.29, 0.717) is 0 Å². The second-order valence-corrected chi connectivity index (χ2v) is 5.06. The number of allylic oxidation sites excluding steroid dienone is 2. The molecule has 1 fully saturated rings. The van der Waals surface area contributed by atoms with Crippen LogP contribution in [0.3, 0.4) is 0 Å². The second-order valence-electron chi connectivity index (χ2n) is 4.02. The Kier molecular flexibility index (Phi) is 3.12. The molecule has 0 aromatic rings. The number of hydrogen-bond donors (Lipinski definition) is 0. The lowest BCUT2D eigenvalue weighted by Crippen LogP contribution is -2.22. The van der Waals surface area contributed by atoms with Crippen molar-refractivity contribution in [3.63, 3.8) is 0 Å². The minimum Gasteiger partial charge on any atom is -0.298 e. The Morgan fingerprint density at radius 3 is 3.15 bits per heavy atom. The third kappa shape index (κ3) is 2.61. The highest BCUT2D eigenvalue weighted by Crippen LogP contribution is 2.25. The van der Waals surface area contributed by atoms with Crippen molar-refractivity contribution in [1.82, 2.24) is 4.90 Å². The molecule has 0 aromatic carbocycles. The molecule has 0 aliphatic carbocycles. The van der Waals surface area contributed by atoms with Gasteiger partial charge < -0.3 is 0 Å². The number of thioether (sulfide) groups is 1. The Morgan fingerprint density at radius 1 is 1.62 bits per heavy atom. The molecule has 2 aliphatic heterocycles. The zero-order valence-corrected chi connectivity index (χ0v) is 9.02. The van der Waals surface area contributed by atoms with E-state index in [-0.39, 0.29) is 0 Å². The van der Waals surface area contributed by atoms with Gasteiger partial charge >= 0.3 is 0 Å². The van der Waals surface area contributed by atoms with Gasteiger partial charge in [0.25, 0.3) is 0 Å². The SMILES string of the molecule is C[C@H]1CCN(CC2=CCC=CS2)C1. The molecule has 0 unspecified atom stereocenters. The first kappa shape index (κ1) is 9.35. The van der Waals surface area contributed by atoms with Crippen molar-refractivity contribution < 1.29 is 0 Å². The molecule has 0 N–H and O–H groups in total. The summed E-state index contributed by atoms with van der Waals surface area (Å²) in [4.78, 5) is 4.11. The lowest BCUT2D eigenvalue weighted by atomic mass is 10.2. The smallest absolute Gasteiger partial charge is 0.0293 e. The van der Waals surface area contributed by atoms with E-state index in [1.807, 2.05) is 11.8 Å². The van der Waals surface area contributed by atoms with Crippen molar-refractivity contribution >= 4 is 11.8 Å². The van der Waals surface area contributed by atoms with Gasteiger partial charge in [-0.2, -0.15) is 0 Å². The normalized spacial score (nSPS) is 29.3. The van der Waals surface area contributed by atoms with Crippen molar-refractivity contribution in [2.75, 3.05) is 19.6 Å². The van der Waals surface area contributed by atoms with Crippen LogP contribution in [0.2, 0.25) is 0 Å². The average molecular weight is 195 g/mol. The molecule has 0 spiro atoms. The third-order valence-corrected chi connectivity index (χ3v) is 3.61. The van der Waals surface area contributed by atoms with Crippen LogP contribution in [0.25, 0.3) is 0 Å². The van der Waals surface area contributed by atoms with E-state index in [2.05, 4.69) is 29.4 Å². The van der Waals surface area contributed by atoms with Gasteiger partial charge in [-0.1, -0.05) is 19.1 Å². The van der Waals surface area contributed by atoms with Gasteiger partial charge in [-0.3, -0.25) is 4.90 Å². The maximum atomic E-state index is 2.57. The van der Waals surface area contributed by atoms with E-state index < -0.39 is 0 Å². The maximum absolute atomic E-state index is 2.57. The molecule has 0 bridgehead atoms.